The SMILES string of the molecule is CC(NCC1(C)CCCC1)c1cncc(F)c1. The first kappa shape index (κ1) is 12.5. The highest BCUT2D eigenvalue weighted by Gasteiger charge is 2.28. The average Bonchev–Trinajstić information content (AvgIpc) is 2.74. The minimum Gasteiger partial charge on any atom is -0.310 e. The number of hydrogen-bond acceptors (Lipinski definition) is 2. The van der Waals surface area contributed by atoms with Crippen molar-refractivity contribution in [1.29, 1.82) is 0 Å². The molecule has 0 spiro atoms. The summed E-state index contributed by atoms with van der Waals surface area (Å²) in [6.45, 7) is 5.41. The zero-order chi connectivity index (χ0) is 12.3. The molecule has 1 N–H and O–H groups in total. The van der Waals surface area contributed by atoms with E-state index in [1.807, 2.05) is 0 Å². The lowest BCUT2D eigenvalue weighted by atomic mass is 9.88. The van der Waals surface area contributed by atoms with Crippen molar-refractivity contribution in [2.45, 2.75) is 45.6 Å². The quantitative estimate of drug-likeness (QED) is 0.866. The van der Waals surface area contributed by atoms with E-state index < -0.39 is 0 Å². The molecule has 2 rings (SSSR count). The van der Waals surface area contributed by atoms with Crippen LogP contribution in [0.15, 0.2) is 18.5 Å². The third kappa shape index (κ3) is 3.25. The van der Waals surface area contributed by atoms with Crippen LogP contribution < -0.4 is 5.32 Å². The highest BCUT2D eigenvalue weighted by molar-refractivity contribution is 5.14. The second-order valence-corrected chi connectivity index (χ2v) is 5.56. The van der Waals surface area contributed by atoms with Gasteiger partial charge < -0.3 is 5.32 Å². The van der Waals surface area contributed by atoms with Crippen molar-refractivity contribution in [3.63, 3.8) is 0 Å². The van der Waals surface area contributed by atoms with Crippen molar-refractivity contribution in [2.24, 2.45) is 5.41 Å². The van der Waals surface area contributed by atoms with E-state index in [4.69, 9.17) is 0 Å². The first-order valence-corrected chi connectivity index (χ1v) is 6.43. The molecule has 3 heteroatoms. The van der Waals surface area contributed by atoms with Gasteiger partial charge in [0.05, 0.1) is 6.20 Å². The van der Waals surface area contributed by atoms with E-state index in [9.17, 15) is 4.39 Å². The van der Waals surface area contributed by atoms with Gasteiger partial charge in [-0.15, -0.1) is 0 Å². The Morgan fingerprint density at radius 2 is 2.12 bits per heavy atom. The molecule has 0 aromatic carbocycles. The third-order valence-electron chi connectivity index (χ3n) is 3.87. The van der Waals surface area contributed by atoms with E-state index in [1.165, 1.54) is 31.9 Å². The van der Waals surface area contributed by atoms with Crippen LogP contribution in [0.1, 0.15) is 51.1 Å². The number of hydrogen-bond donors (Lipinski definition) is 1. The summed E-state index contributed by atoms with van der Waals surface area (Å²) in [6, 6.07) is 1.72. The molecule has 17 heavy (non-hydrogen) atoms. The normalized spacial score (nSPS) is 20.4. The number of halogens is 1. The summed E-state index contributed by atoms with van der Waals surface area (Å²) in [7, 11) is 0. The van der Waals surface area contributed by atoms with Gasteiger partial charge in [0.2, 0.25) is 0 Å². The van der Waals surface area contributed by atoms with Gasteiger partial charge in [0.1, 0.15) is 5.82 Å². The molecule has 0 bridgehead atoms. The number of aromatic nitrogens is 1. The predicted molar refractivity (Wildman–Crippen MR) is 67.2 cm³/mol. The molecule has 1 aromatic rings. The standard InChI is InChI=1S/C14H21FN2/c1-11(12-7-13(15)9-16-8-12)17-10-14(2)5-3-4-6-14/h7-9,11,17H,3-6,10H2,1-2H3. The summed E-state index contributed by atoms with van der Waals surface area (Å²) >= 11 is 0. The Kier molecular flexibility index (Phi) is 3.77. The lowest BCUT2D eigenvalue weighted by Gasteiger charge is -2.26. The summed E-state index contributed by atoms with van der Waals surface area (Å²) < 4.78 is 13.1. The van der Waals surface area contributed by atoms with Crippen LogP contribution in [-0.2, 0) is 0 Å². The number of nitrogens with one attached hydrogen (secondary N) is 1. The van der Waals surface area contributed by atoms with Gasteiger partial charge >= 0.3 is 0 Å². The maximum absolute atomic E-state index is 13.1. The van der Waals surface area contributed by atoms with Crippen LogP contribution in [0.2, 0.25) is 0 Å². The first-order valence-electron chi connectivity index (χ1n) is 6.43. The van der Waals surface area contributed by atoms with E-state index in [0.717, 1.165) is 12.1 Å². The van der Waals surface area contributed by atoms with Crippen LogP contribution in [0.25, 0.3) is 0 Å². The fraction of sp³-hybridized carbons (Fsp3) is 0.643. The second-order valence-electron chi connectivity index (χ2n) is 5.56. The maximum atomic E-state index is 13.1. The van der Waals surface area contributed by atoms with Crippen LogP contribution in [0.3, 0.4) is 0 Å². The molecular formula is C14H21FN2. The van der Waals surface area contributed by atoms with E-state index in [-0.39, 0.29) is 11.9 Å². The monoisotopic (exact) mass is 236 g/mol. The van der Waals surface area contributed by atoms with Crippen LogP contribution in [-0.4, -0.2) is 11.5 Å². The molecule has 1 unspecified atom stereocenters. The molecule has 1 aliphatic carbocycles. The summed E-state index contributed by atoms with van der Waals surface area (Å²) in [6.07, 6.45) is 8.26. The highest BCUT2D eigenvalue weighted by atomic mass is 19.1. The van der Waals surface area contributed by atoms with E-state index in [1.54, 1.807) is 12.3 Å². The fourth-order valence-corrected chi connectivity index (χ4v) is 2.59. The Bertz CT molecular complexity index is 372. The molecule has 1 atom stereocenters. The minimum absolute atomic E-state index is 0.163. The summed E-state index contributed by atoms with van der Waals surface area (Å²) in [5.74, 6) is -0.261. The minimum atomic E-state index is -0.261. The molecule has 1 heterocycles. The summed E-state index contributed by atoms with van der Waals surface area (Å²) in [4.78, 5) is 3.89. The molecular weight excluding hydrogens is 215 g/mol. The average molecular weight is 236 g/mol. The van der Waals surface area contributed by atoms with Gasteiger partial charge in [-0.05, 0) is 36.8 Å². The van der Waals surface area contributed by atoms with Crippen molar-refractivity contribution in [2.75, 3.05) is 6.54 Å². The first-order chi connectivity index (χ1) is 8.09. The Hall–Kier alpha value is -0.960. The Morgan fingerprint density at radius 1 is 1.41 bits per heavy atom. The number of pyridine rings is 1. The summed E-state index contributed by atoms with van der Waals surface area (Å²) in [5, 5.41) is 3.50. The number of rotatable bonds is 4. The zero-order valence-electron chi connectivity index (χ0n) is 10.7. The molecule has 1 aliphatic rings. The van der Waals surface area contributed by atoms with Gasteiger partial charge in [-0.1, -0.05) is 19.8 Å². The summed E-state index contributed by atoms with van der Waals surface area (Å²) in [5.41, 5.74) is 1.35. The third-order valence-corrected chi connectivity index (χ3v) is 3.87. The lowest BCUT2D eigenvalue weighted by Crippen LogP contribution is -2.31. The molecule has 94 valence electrons. The van der Waals surface area contributed by atoms with Crippen LogP contribution in [0, 0.1) is 11.2 Å². The Morgan fingerprint density at radius 3 is 2.76 bits per heavy atom. The van der Waals surface area contributed by atoms with Crippen LogP contribution in [0.5, 0.6) is 0 Å². The fourth-order valence-electron chi connectivity index (χ4n) is 2.59. The van der Waals surface area contributed by atoms with Gasteiger partial charge in [-0.3, -0.25) is 4.98 Å². The molecule has 2 nitrogen and oxygen atoms in total. The topological polar surface area (TPSA) is 24.9 Å². The van der Waals surface area contributed by atoms with Gasteiger partial charge in [0.15, 0.2) is 0 Å². The maximum Gasteiger partial charge on any atom is 0.141 e. The van der Waals surface area contributed by atoms with Crippen molar-refractivity contribution in [1.82, 2.24) is 10.3 Å². The Labute approximate surface area is 103 Å². The molecule has 0 amide bonds. The molecule has 0 aliphatic heterocycles. The smallest absolute Gasteiger partial charge is 0.141 e. The predicted octanol–water partition coefficient (Wildman–Crippen LogP) is 3.45. The van der Waals surface area contributed by atoms with Gasteiger partial charge in [-0.2, -0.15) is 0 Å². The lowest BCUT2D eigenvalue weighted by molar-refractivity contribution is 0.301. The number of nitrogens with zero attached hydrogens (tertiary/aromatic N) is 1. The van der Waals surface area contributed by atoms with Gasteiger partial charge in [0, 0.05) is 18.8 Å². The molecule has 1 fully saturated rings. The molecule has 1 aromatic heterocycles. The highest BCUT2D eigenvalue weighted by Crippen LogP contribution is 2.37. The second kappa shape index (κ2) is 5.13. The van der Waals surface area contributed by atoms with E-state index >= 15 is 0 Å². The van der Waals surface area contributed by atoms with Crippen LogP contribution in [0.4, 0.5) is 4.39 Å². The Balaban J connectivity index is 1.91. The largest absolute Gasteiger partial charge is 0.310 e. The van der Waals surface area contributed by atoms with E-state index in [2.05, 4.69) is 24.1 Å². The van der Waals surface area contributed by atoms with E-state index in [0.29, 0.717) is 5.41 Å². The molecule has 1 saturated carbocycles. The van der Waals surface area contributed by atoms with Crippen molar-refractivity contribution in [3.05, 3.63) is 29.8 Å². The zero-order valence-corrected chi connectivity index (χ0v) is 10.7. The van der Waals surface area contributed by atoms with Crippen molar-refractivity contribution in [3.8, 4) is 0 Å². The molecule has 0 radical (unpaired) electrons. The van der Waals surface area contributed by atoms with Crippen molar-refractivity contribution < 1.29 is 4.39 Å². The van der Waals surface area contributed by atoms with Crippen molar-refractivity contribution >= 4 is 0 Å². The van der Waals surface area contributed by atoms with Gasteiger partial charge in [0.25, 0.3) is 0 Å². The van der Waals surface area contributed by atoms with Crippen LogP contribution >= 0.6 is 0 Å². The molecule has 0 saturated heterocycles. The van der Waals surface area contributed by atoms with Gasteiger partial charge in [-0.25, -0.2) is 4.39 Å².